The number of sulfonamides is 1. The molecular formula is C22H23N3O4S. The fourth-order valence-corrected chi connectivity index (χ4v) is 5.34. The summed E-state index contributed by atoms with van der Waals surface area (Å²) in [7, 11) is -2.06. The summed E-state index contributed by atoms with van der Waals surface area (Å²) in [5.74, 6) is 0.693. The second kappa shape index (κ2) is 8.41. The van der Waals surface area contributed by atoms with E-state index in [0.29, 0.717) is 24.2 Å². The van der Waals surface area contributed by atoms with Crippen molar-refractivity contribution in [1.29, 1.82) is 0 Å². The van der Waals surface area contributed by atoms with Crippen LogP contribution < -0.4 is 4.74 Å². The molecule has 1 fully saturated rings. The number of rotatable bonds is 5. The van der Waals surface area contributed by atoms with Crippen molar-refractivity contribution in [2.45, 2.75) is 11.3 Å². The number of aromatic nitrogens is 1. The predicted octanol–water partition coefficient (Wildman–Crippen LogP) is 2.32. The van der Waals surface area contributed by atoms with E-state index in [4.69, 9.17) is 4.74 Å². The number of hydrogen-bond acceptors (Lipinski definition) is 5. The van der Waals surface area contributed by atoms with Gasteiger partial charge < -0.3 is 9.64 Å². The van der Waals surface area contributed by atoms with Gasteiger partial charge in [-0.25, -0.2) is 8.42 Å². The van der Waals surface area contributed by atoms with Gasteiger partial charge in [0.1, 0.15) is 5.75 Å². The second-order valence-corrected chi connectivity index (χ2v) is 9.07. The number of ether oxygens (including phenoxy) is 1. The summed E-state index contributed by atoms with van der Waals surface area (Å²) in [6.07, 6.45) is 3.51. The highest BCUT2D eigenvalue weighted by molar-refractivity contribution is 7.89. The molecule has 0 atom stereocenters. The number of benzene rings is 2. The van der Waals surface area contributed by atoms with Gasteiger partial charge in [0.15, 0.2) is 0 Å². The fraction of sp³-hybridized carbons (Fsp3) is 0.273. The minimum atomic E-state index is -3.65. The van der Waals surface area contributed by atoms with Gasteiger partial charge in [-0.2, -0.15) is 4.31 Å². The van der Waals surface area contributed by atoms with Crippen molar-refractivity contribution in [3.05, 3.63) is 66.5 Å². The summed E-state index contributed by atoms with van der Waals surface area (Å²) in [6, 6.07) is 14.3. The normalized spacial score (nSPS) is 15.3. The number of piperazine rings is 1. The number of nitrogens with zero attached hydrogens (tertiary/aromatic N) is 3. The molecule has 1 saturated heterocycles. The molecule has 1 aliphatic heterocycles. The lowest BCUT2D eigenvalue weighted by atomic mass is 10.1. The van der Waals surface area contributed by atoms with Crippen LogP contribution in [0.1, 0.15) is 5.56 Å². The first-order valence-corrected chi connectivity index (χ1v) is 11.2. The maximum Gasteiger partial charge on any atom is 0.243 e. The minimum Gasteiger partial charge on any atom is -0.497 e. The number of carbonyl (C=O) groups is 1. The maximum atomic E-state index is 13.2. The molecule has 0 unspecified atom stereocenters. The van der Waals surface area contributed by atoms with Gasteiger partial charge in [0.05, 0.1) is 18.4 Å². The van der Waals surface area contributed by atoms with Gasteiger partial charge in [-0.3, -0.25) is 9.78 Å². The topological polar surface area (TPSA) is 79.8 Å². The third-order valence-electron chi connectivity index (χ3n) is 5.34. The highest BCUT2D eigenvalue weighted by Crippen LogP contribution is 2.26. The number of hydrogen-bond donors (Lipinski definition) is 0. The monoisotopic (exact) mass is 425 g/mol. The molecule has 1 aromatic heterocycles. The summed E-state index contributed by atoms with van der Waals surface area (Å²) in [5.41, 5.74) is 0.874. The van der Waals surface area contributed by atoms with Gasteiger partial charge in [0, 0.05) is 49.3 Å². The molecule has 0 aliphatic carbocycles. The Labute approximate surface area is 175 Å². The van der Waals surface area contributed by atoms with E-state index in [2.05, 4.69) is 4.98 Å². The summed E-state index contributed by atoms with van der Waals surface area (Å²) >= 11 is 0. The first-order chi connectivity index (χ1) is 14.5. The Morgan fingerprint density at radius 1 is 1.07 bits per heavy atom. The highest BCUT2D eigenvalue weighted by atomic mass is 32.2. The zero-order chi connectivity index (χ0) is 21.1. The molecule has 0 N–H and O–H groups in total. The molecule has 3 aromatic rings. The van der Waals surface area contributed by atoms with Crippen molar-refractivity contribution in [2.24, 2.45) is 0 Å². The Hall–Kier alpha value is -2.97. The van der Waals surface area contributed by atoms with Crippen molar-refractivity contribution in [2.75, 3.05) is 33.3 Å². The Morgan fingerprint density at radius 2 is 1.83 bits per heavy atom. The summed E-state index contributed by atoms with van der Waals surface area (Å²) in [5, 5.41) is 1.44. The van der Waals surface area contributed by atoms with E-state index < -0.39 is 10.0 Å². The van der Waals surface area contributed by atoms with Crippen molar-refractivity contribution >= 4 is 26.7 Å². The molecule has 2 aromatic carbocycles. The molecule has 0 radical (unpaired) electrons. The molecule has 2 heterocycles. The lowest BCUT2D eigenvalue weighted by molar-refractivity contribution is -0.131. The van der Waals surface area contributed by atoms with E-state index >= 15 is 0 Å². The standard InChI is InChI=1S/C22H23N3O4S/c1-29-19-6-2-4-17(14-19)15-22(26)24-10-12-25(13-11-24)30(27,28)21-7-3-5-18-16-23-9-8-20(18)21/h2-9,14,16H,10-13,15H2,1H3. The molecule has 0 bridgehead atoms. The van der Waals surface area contributed by atoms with Gasteiger partial charge in [-0.05, 0) is 29.8 Å². The predicted molar refractivity (Wildman–Crippen MR) is 114 cm³/mol. The van der Waals surface area contributed by atoms with E-state index in [0.717, 1.165) is 10.9 Å². The van der Waals surface area contributed by atoms with E-state index in [1.165, 1.54) is 4.31 Å². The Morgan fingerprint density at radius 3 is 2.60 bits per heavy atom. The molecule has 1 aliphatic rings. The lowest BCUT2D eigenvalue weighted by Gasteiger charge is -2.34. The molecule has 4 rings (SSSR count). The van der Waals surface area contributed by atoms with Gasteiger partial charge in [-0.15, -0.1) is 0 Å². The third-order valence-corrected chi connectivity index (χ3v) is 7.30. The van der Waals surface area contributed by atoms with Crippen LogP contribution in [0.25, 0.3) is 10.8 Å². The largest absolute Gasteiger partial charge is 0.497 e. The van der Waals surface area contributed by atoms with Crippen LogP contribution in [-0.2, 0) is 21.2 Å². The molecule has 0 saturated carbocycles. The Kier molecular flexibility index (Phi) is 5.69. The molecule has 1 amide bonds. The maximum absolute atomic E-state index is 13.2. The van der Waals surface area contributed by atoms with Crippen molar-refractivity contribution in [3.8, 4) is 5.75 Å². The first-order valence-electron chi connectivity index (χ1n) is 9.72. The van der Waals surface area contributed by atoms with Crippen LogP contribution in [0, 0.1) is 0 Å². The van der Waals surface area contributed by atoms with Crippen LogP contribution in [0.3, 0.4) is 0 Å². The van der Waals surface area contributed by atoms with E-state index in [1.54, 1.807) is 42.6 Å². The molecule has 8 heteroatoms. The molecule has 0 spiro atoms. The van der Waals surface area contributed by atoms with E-state index in [1.807, 2.05) is 30.3 Å². The zero-order valence-electron chi connectivity index (χ0n) is 16.7. The lowest BCUT2D eigenvalue weighted by Crippen LogP contribution is -2.50. The number of methoxy groups -OCH3 is 1. The van der Waals surface area contributed by atoms with Gasteiger partial charge in [0.25, 0.3) is 0 Å². The Balaban J connectivity index is 1.45. The third kappa shape index (κ3) is 4.01. The van der Waals surface area contributed by atoms with Crippen LogP contribution in [0.2, 0.25) is 0 Å². The van der Waals surface area contributed by atoms with Crippen LogP contribution in [-0.4, -0.2) is 61.8 Å². The van der Waals surface area contributed by atoms with Gasteiger partial charge in [-0.1, -0.05) is 24.3 Å². The van der Waals surface area contributed by atoms with Crippen LogP contribution in [0.5, 0.6) is 5.75 Å². The smallest absolute Gasteiger partial charge is 0.243 e. The molecule has 156 valence electrons. The Bertz CT molecular complexity index is 1170. The number of carbonyl (C=O) groups excluding carboxylic acids is 1. The molecular weight excluding hydrogens is 402 g/mol. The van der Waals surface area contributed by atoms with Crippen molar-refractivity contribution < 1.29 is 17.9 Å². The van der Waals surface area contributed by atoms with Crippen molar-refractivity contribution in [3.63, 3.8) is 0 Å². The van der Waals surface area contributed by atoms with Crippen LogP contribution in [0.4, 0.5) is 0 Å². The quantitative estimate of drug-likeness (QED) is 0.627. The van der Waals surface area contributed by atoms with Crippen LogP contribution >= 0.6 is 0 Å². The fourth-order valence-electron chi connectivity index (χ4n) is 3.70. The van der Waals surface area contributed by atoms with E-state index in [-0.39, 0.29) is 30.3 Å². The first kappa shape index (κ1) is 20.3. The number of amides is 1. The average Bonchev–Trinajstić information content (AvgIpc) is 2.79. The zero-order valence-corrected chi connectivity index (χ0v) is 17.5. The van der Waals surface area contributed by atoms with Crippen LogP contribution in [0.15, 0.2) is 65.8 Å². The molecule has 30 heavy (non-hydrogen) atoms. The summed E-state index contributed by atoms with van der Waals surface area (Å²) in [6.45, 7) is 1.28. The SMILES string of the molecule is COc1cccc(CC(=O)N2CCN(S(=O)(=O)c3cccc4cnccc34)CC2)c1. The highest BCUT2D eigenvalue weighted by Gasteiger charge is 2.31. The van der Waals surface area contributed by atoms with Gasteiger partial charge in [0.2, 0.25) is 15.9 Å². The second-order valence-electron chi connectivity index (χ2n) is 7.17. The average molecular weight is 426 g/mol. The summed E-state index contributed by atoms with van der Waals surface area (Å²) in [4.78, 5) is 18.7. The van der Waals surface area contributed by atoms with E-state index in [9.17, 15) is 13.2 Å². The number of pyridine rings is 1. The van der Waals surface area contributed by atoms with Crippen molar-refractivity contribution in [1.82, 2.24) is 14.2 Å². The summed E-state index contributed by atoms with van der Waals surface area (Å²) < 4.78 is 33.1. The number of fused-ring (bicyclic) bond motifs is 1. The molecule has 7 nitrogen and oxygen atoms in total. The van der Waals surface area contributed by atoms with Gasteiger partial charge >= 0.3 is 0 Å². The minimum absolute atomic E-state index is 0.0171.